The summed E-state index contributed by atoms with van der Waals surface area (Å²) in [4.78, 5) is 31.1. The van der Waals surface area contributed by atoms with Crippen molar-refractivity contribution in [2.24, 2.45) is 0 Å². The van der Waals surface area contributed by atoms with Crippen LogP contribution in [0.15, 0.2) is 6.20 Å². The molecule has 1 aliphatic heterocycles. The zero-order valence-corrected chi connectivity index (χ0v) is 18.9. The molecule has 1 saturated carbocycles. The van der Waals surface area contributed by atoms with Gasteiger partial charge in [-0.25, -0.2) is 4.79 Å². The lowest BCUT2D eigenvalue weighted by atomic mass is 10.1. The van der Waals surface area contributed by atoms with Gasteiger partial charge in [0.2, 0.25) is 0 Å². The molecule has 1 aromatic heterocycles. The molecule has 1 aliphatic carbocycles. The second-order valence-corrected chi connectivity index (χ2v) is 8.30. The van der Waals surface area contributed by atoms with E-state index in [1.165, 1.54) is 7.11 Å². The van der Waals surface area contributed by atoms with Crippen LogP contribution in [0.4, 0.5) is 4.79 Å². The zero-order valence-electron chi connectivity index (χ0n) is 18.9. The van der Waals surface area contributed by atoms with Gasteiger partial charge < -0.3 is 34.3 Å². The number of carbonyl (C=O) groups excluding carboxylic acids is 2. The van der Waals surface area contributed by atoms with Crippen LogP contribution in [-0.2, 0) is 20.8 Å². The van der Waals surface area contributed by atoms with Crippen LogP contribution < -0.4 is 15.4 Å². The van der Waals surface area contributed by atoms with Crippen molar-refractivity contribution in [1.29, 1.82) is 0 Å². The number of hydrogen-bond acceptors (Lipinski definition) is 7. The summed E-state index contributed by atoms with van der Waals surface area (Å²) in [6, 6.07) is 0.570. The molecular formula is C21H35N5O5. The van der Waals surface area contributed by atoms with Crippen LogP contribution in [0.1, 0.15) is 51.8 Å². The highest BCUT2D eigenvalue weighted by atomic mass is 16.5. The first-order valence-corrected chi connectivity index (χ1v) is 11.1. The number of morpholine rings is 1. The van der Waals surface area contributed by atoms with Gasteiger partial charge in [0.15, 0.2) is 0 Å². The van der Waals surface area contributed by atoms with Crippen LogP contribution in [-0.4, -0.2) is 78.1 Å². The highest BCUT2D eigenvalue weighted by molar-refractivity contribution is 5.82. The summed E-state index contributed by atoms with van der Waals surface area (Å²) in [7, 11) is 1.34. The average Bonchev–Trinajstić information content (AvgIpc) is 3.52. The Hall–Kier alpha value is -2.33. The number of amides is 2. The van der Waals surface area contributed by atoms with Crippen molar-refractivity contribution >= 4 is 12.0 Å². The Bertz CT molecular complexity index is 743. The molecule has 2 atom stereocenters. The molecular weight excluding hydrogens is 402 g/mol. The molecule has 0 spiro atoms. The summed E-state index contributed by atoms with van der Waals surface area (Å²) in [5, 5.41) is 5.91. The number of imidazole rings is 1. The summed E-state index contributed by atoms with van der Waals surface area (Å²) >= 11 is 0. The maximum absolute atomic E-state index is 13.2. The molecule has 0 aromatic carbocycles. The molecule has 0 bridgehead atoms. The number of aryl methyl sites for hydroxylation is 1. The molecule has 1 saturated heterocycles. The van der Waals surface area contributed by atoms with Gasteiger partial charge in [0.1, 0.15) is 6.10 Å². The summed E-state index contributed by atoms with van der Waals surface area (Å²) < 4.78 is 18.2. The van der Waals surface area contributed by atoms with Gasteiger partial charge in [0, 0.05) is 38.4 Å². The van der Waals surface area contributed by atoms with Gasteiger partial charge in [-0.05, 0) is 40.0 Å². The van der Waals surface area contributed by atoms with Gasteiger partial charge in [-0.1, -0.05) is 0 Å². The van der Waals surface area contributed by atoms with Crippen molar-refractivity contribution in [1.82, 2.24) is 25.1 Å². The second kappa shape index (κ2) is 10.8. The minimum atomic E-state index is -0.449. The number of hydrogen-bond donors (Lipinski definition) is 2. The number of aromatic nitrogens is 2. The fourth-order valence-electron chi connectivity index (χ4n) is 3.67. The van der Waals surface area contributed by atoms with Gasteiger partial charge >= 0.3 is 6.09 Å². The number of carbonyl (C=O) groups is 2. The van der Waals surface area contributed by atoms with Crippen LogP contribution in [0, 0.1) is 0 Å². The molecule has 0 radical (unpaired) electrons. The first-order chi connectivity index (χ1) is 14.9. The minimum absolute atomic E-state index is 0.0188. The number of nitrogens with zero attached hydrogens (tertiary/aromatic N) is 3. The topological polar surface area (TPSA) is 107 Å². The third-order valence-corrected chi connectivity index (χ3v) is 5.37. The highest BCUT2D eigenvalue weighted by Crippen LogP contribution is 2.35. The molecule has 31 heavy (non-hydrogen) atoms. The molecule has 3 rings (SSSR count). The molecule has 10 nitrogen and oxygen atoms in total. The smallest absolute Gasteiger partial charge is 0.406 e. The summed E-state index contributed by atoms with van der Waals surface area (Å²) in [6.45, 7) is 8.88. The van der Waals surface area contributed by atoms with E-state index in [-0.39, 0.29) is 24.1 Å². The van der Waals surface area contributed by atoms with Crippen LogP contribution in [0.5, 0.6) is 6.01 Å². The van der Waals surface area contributed by atoms with Gasteiger partial charge in [-0.3, -0.25) is 4.79 Å². The molecule has 0 unspecified atom stereocenters. The minimum Gasteiger partial charge on any atom is -0.462 e. The molecule has 1 aromatic rings. The van der Waals surface area contributed by atoms with Crippen molar-refractivity contribution in [3.8, 4) is 6.01 Å². The molecule has 2 aliphatic rings. The standard InChI is InChI=1S/C21H35N5O5/c1-14(2)31-20-24-17(13-25(20)10-5-8-23-21(28)29-4)15(3)26(16-6-7-16)19(27)18-12-22-9-11-30-18/h13-16,18,22H,5-12H2,1-4H3,(H,23,28)/t15-,18-/m1/s1. The van der Waals surface area contributed by atoms with Crippen molar-refractivity contribution in [3.05, 3.63) is 11.9 Å². The quantitative estimate of drug-likeness (QED) is 0.534. The normalized spacial score (nSPS) is 19.7. The first kappa shape index (κ1) is 23.3. The lowest BCUT2D eigenvalue weighted by Gasteiger charge is -2.33. The first-order valence-electron chi connectivity index (χ1n) is 11.1. The maximum Gasteiger partial charge on any atom is 0.406 e. The van der Waals surface area contributed by atoms with E-state index in [0.717, 1.165) is 25.1 Å². The van der Waals surface area contributed by atoms with Gasteiger partial charge in [0.25, 0.3) is 11.9 Å². The Kier molecular flexibility index (Phi) is 8.14. The van der Waals surface area contributed by atoms with Crippen molar-refractivity contribution < 1.29 is 23.8 Å². The number of methoxy groups -OCH3 is 1. The summed E-state index contributed by atoms with van der Waals surface area (Å²) in [5.74, 6) is 0.0188. The monoisotopic (exact) mass is 437 g/mol. The SMILES string of the molecule is COC(=O)NCCCn1cc([C@@H](C)N(C(=O)[C@H]2CNCCO2)C2CC2)nc1OC(C)C. The molecule has 2 fully saturated rings. The molecule has 10 heteroatoms. The Morgan fingerprint density at radius 3 is 2.77 bits per heavy atom. The number of ether oxygens (including phenoxy) is 3. The Labute approximate surface area is 183 Å². The van der Waals surface area contributed by atoms with E-state index in [1.54, 1.807) is 0 Å². The second-order valence-electron chi connectivity index (χ2n) is 8.30. The Morgan fingerprint density at radius 2 is 2.16 bits per heavy atom. The van der Waals surface area contributed by atoms with E-state index < -0.39 is 12.2 Å². The highest BCUT2D eigenvalue weighted by Gasteiger charge is 2.40. The average molecular weight is 438 g/mol. The molecule has 2 N–H and O–H groups in total. The van der Waals surface area contributed by atoms with E-state index in [4.69, 9.17) is 14.5 Å². The Morgan fingerprint density at radius 1 is 1.39 bits per heavy atom. The largest absolute Gasteiger partial charge is 0.462 e. The molecule has 2 heterocycles. The van der Waals surface area contributed by atoms with Crippen molar-refractivity contribution in [3.63, 3.8) is 0 Å². The van der Waals surface area contributed by atoms with Gasteiger partial charge in [0.05, 0.1) is 31.6 Å². The van der Waals surface area contributed by atoms with E-state index in [2.05, 4.69) is 15.4 Å². The van der Waals surface area contributed by atoms with Crippen LogP contribution >= 0.6 is 0 Å². The zero-order chi connectivity index (χ0) is 22.4. The summed E-state index contributed by atoms with van der Waals surface area (Å²) in [6.07, 6.45) is 3.73. The van der Waals surface area contributed by atoms with E-state index in [9.17, 15) is 9.59 Å². The fraction of sp³-hybridized carbons (Fsp3) is 0.762. The third-order valence-electron chi connectivity index (χ3n) is 5.37. The van der Waals surface area contributed by atoms with E-state index in [1.807, 2.05) is 36.4 Å². The van der Waals surface area contributed by atoms with Crippen LogP contribution in [0.3, 0.4) is 0 Å². The van der Waals surface area contributed by atoms with Gasteiger partial charge in [-0.15, -0.1) is 0 Å². The summed E-state index contributed by atoms with van der Waals surface area (Å²) in [5.41, 5.74) is 0.792. The van der Waals surface area contributed by atoms with Crippen molar-refractivity contribution in [2.45, 2.75) is 70.9 Å². The number of alkyl carbamates (subject to hydrolysis) is 1. The third kappa shape index (κ3) is 6.33. The van der Waals surface area contributed by atoms with Crippen molar-refractivity contribution in [2.75, 3.05) is 33.4 Å². The van der Waals surface area contributed by atoms with Crippen LogP contribution in [0.2, 0.25) is 0 Å². The lowest BCUT2D eigenvalue weighted by molar-refractivity contribution is -0.148. The van der Waals surface area contributed by atoms with E-state index in [0.29, 0.717) is 38.7 Å². The molecule has 2 amide bonds. The van der Waals surface area contributed by atoms with E-state index >= 15 is 0 Å². The van der Waals surface area contributed by atoms with Gasteiger partial charge in [-0.2, -0.15) is 4.98 Å². The number of rotatable bonds is 10. The van der Waals surface area contributed by atoms with Crippen LogP contribution in [0.25, 0.3) is 0 Å². The fourth-order valence-corrected chi connectivity index (χ4v) is 3.67. The lowest BCUT2D eigenvalue weighted by Crippen LogP contribution is -2.50. The Balaban J connectivity index is 1.72. The maximum atomic E-state index is 13.2. The predicted octanol–water partition coefficient (Wildman–Crippen LogP) is 1.46. The predicted molar refractivity (Wildman–Crippen MR) is 114 cm³/mol. The molecule has 174 valence electrons. The number of nitrogens with one attached hydrogen (secondary N) is 2.